The molecule has 0 aliphatic carbocycles. The highest BCUT2D eigenvalue weighted by Gasteiger charge is 2.28. The largest absolute Gasteiger partial charge is 0.356 e. The molecule has 1 aliphatic heterocycles. The minimum atomic E-state index is -3.56. The standard InChI is InChI=1S/C21H23N3O4S/c1-16-7-9-17(10-8-16)29(26,27)24-12-4-11-23(13-14-24)21(25)15-19-18-5-2-3-6-20(18)28-22-19/h2-3,5-10H,4,11-15H2,1H3. The first-order valence-corrected chi connectivity index (χ1v) is 11.1. The number of benzene rings is 2. The molecule has 0 radical (unpaired) electrons. The molecule has 0 atom stereocenters. The molecular formula is C21H23N3O4S. The maximum Gasteiger partial charge on any atom is 0.243 e. The van der Waals surface area contributed by atoms with Gasteiger partial charge in [0.05, 0.1) is 11.3 Å². The number of fused-ring (bicyclic) bond motifs is 1. The zero-order chi connectivity index (χ0) is 20.4. The number of aryl methyl sites for hydroxylation is 1. The maximum absolute atomic E-state index is 12.9. The zero-order valence-electron chi connectivity index (χ0n) is 16.2. The van der Waals surface area contributed by atoms with Gasteiger partial charge in [-0.1, -0.05) is 35.0 Å². The van der Waals surface area contributed by atoms with Crippen LogP contribution in [0.3, 0.4) is 0 Å². The number of amides is 1. The van der Waals surface area contributed by atoms with Gasteiger partial charge in [-0.3, -0.25) is 4.79 Å². The van der Waals surface area contributed by atoms with Gasteiger partial charge in [-0.05, 0) is 37.6 Å². The lowest BCUT2D eigenvalue weighted by atomic mass is 10.1. The van der Waals surface area contributed by atoms with Crippen LogP contribution in [0.15, 0.2) is 57.9 Å². The van der Waals surface area contributed by atoms with Crippen molar-refractivity contribution in [3.05, 3.63) is 59.8 Å². The van der Waals surface area contributed by atoms with Gasteiger partial charge in [0, 0.05) is 31.6 Å². The summed E-state index contributed by atoms with van der Waals surface area (Å²) in [5.74, 6) is -0.0707. The van der Waals surface area contributed by atoms with Crippen molar-refractivity contribution < 1.29 is 17.7 Å². The summed E-state index contributed by atoms with van der Waals surface area (Å²) in [4.78, 5) is 14.8. The Kier molecular flexibility index (Phi) is 5.38. The number of carbonyl (C=O) groups is 1. The third kappa shape index (κ3) is 4.04. The van der Waals surface area contributed by atoms with Crippen LogP contribution < -0.4 is 0 Å². The molecule has 0 unspecified atom stereocenters. The maximum atomic E-state index is 12.9. The van der Waals surface area contributed by atoms with E-state index in [9.17, 15) is 13.2 Å². The zero-order valence-corrected chi connectivity index (χ0v) is 17.1. The average Bonchev–Trinajstić information content (AvgIpc) is 2.95. The second kappa shape index (κ2) is 7.96. The SMILES string of the molecule is Cc1ccc(S(=O)(=O)N2CCCN(C(=O)Cc3noc4ccccc34)CC2)cc1. The van der Waals surface area contributed by atoms with Crippen molar-refractivity contribution in [1.29, 1.82) is 0 Å². The Hall–Kier alpha value is -2.71. The monoisotopic (exact) mass is 413 g/mol. The first-order valence-electron chi connectivity index (χ1n) is 9.63. The molecule has 1 saturated heterocycles. The van der Waals surface area contributed by atoms with Crippen LogP contribution in [0.5, 0.6) is 0 Å². The molecule has 1 amide bonds. The Labute approximate surface area is 169 Å². The number of carbonyl (C=O) groups excluding carboxylic acids is 1. The summed E-state index contributed by atoms with van der Waals surface area (Å²) in [6, 6.07) is 14.3. The molecular weight excluding hydrogens is 390 g/mol. The summed E-state index contributed by atoms with van der Waals surface area (Å²) in [6.07, 6.45) is 0.734. The van der Waals surface area contributed by atoms with Gasteiger partial charge in [0.25, 0.3) is 0 Å². The number of hydrogen-bond donors (Lipinski definition) is 0. The highest BCUT2D eigenvalue weighted by atomic mass is 32.2. The van der Waals surface area contributed by atoms with Gasteiger partial charge in [-0.15, -0.1) is 0 Å². The van der Waals surface area contributed by atoms with Gasteiger partial charge in [0.2, 0.25) is 15.9 Å². The topological polar surface area (TPSA) is 83.7 Å². The highest BCUT2D eigenvalue weighted by molar-refractivity contribution is 7.89. The Bertz CT molecular complexity index is 1120. The molecule has 0 N–H and O–H groups in total. The van der Waals surface area contributed by atoms with E-state index in [-0.39, 0.29) is 23.8 Å². The lowest BCUT2D eigenvalue weighted by Gasteiger charge is -2.22. The molecule has 8 heteroatoms. The fourth-order valence-electron chi connectivity index (χ4n) is 3.56. The molecule has 0 bridgehead atoms. The Morgan fingerprint density at radius 1 is 1.03 bits per heavy atom. The highest BCUT2D eigenvalue weighted by Crippen LogP contribution is 2.21. The summed E-state index contributed by atoms with van der Waals surface area (Å²) in [6.45, 7) is 3.48. The molecule has 1 fully saturated rings. The molecule has 0 saturated carbocycles. The van der Waals surface area contributed by atoms with Crippen LogP contribution in [0.1, 0.15) is 17.7 Å². The molecule has 0 spiro atoms. The van der Waals surface area contributed by atoms with Gasteiger partial charge in [-0.2, -0.15) is 4.31 Å². The van der Waals surface area contributed by atoms with Gasteiger partial charge < -0.3 is 9.42 Å². The smallest absolute Gasteiger partial charge is 0.243 e. The molecule has 3 aromatic rings. The first kappa shape index (κ1) is 19.6. The van der Waals surface area contributed by atoms with Crippen LogP contribution in [0.2, 0.25) is 0 Å². The molecule has 29 heavy (non-hydrogen) atoms. The van der Waals surface area contributed by atoms with Gasteiger partial charge >= 0.3 is 0 Å². The number of nitrogens with zero attached hydrogens (tertiary/aromatic N) is 3. The van der Waals surface area contributed by atoms with Gasteiger partial charge in [0.15, 0.2) is 5.58 Å². The van der Waals surface area contributed by atoms with E-state index in [1.807, 2.05) is 31.2 Å². The van der Waals surface area contributed by atoms with Crippen LogP contribution in [0.25, 0.3) is 11.0 Å². The van der Waals surface area contributed by atoms with E-state index in [0.29, 0.717) is 37.3 Å². The van der Waals surface area contributed by atoms with Crippen LogP contribution in [-0.2, 0) is 21.2 Å². The van der Waals surface area contributed by atoms with Crippen LogP contribution in [0, 0.1) is 6.92 Å². The van der Waals surface area contributed by atoms with Gasteiger partial charge in [0.1, 0.15) is 5.69 Å². The molecule has 4 rings (SSSR count). The van der Waals surface area contributed by atoms with Crippen molar-refractivity contribution in [2.24, 2.45) is 0 Å². The summed E-state index contributed by atoms with van der Waals surface area (Å²) in [5.41, 5.74) is 2.28. The third-order valence-corrected chi connectivity index (χ3v) is 7.15. The van der Waals surface area contributed by atoms with Crippen molar-refractivity contribution in [3.63, 3.8) is 0 Å². The quantitative estimate of drug-likeness (QED) is 0.657. The lowest BCUT2D eigenvalue weighted by molar-refractivity contribution is -0.130. The van der Waals surface area contributed by atoms with E-state index in [1.54, 1.807) is 29.2 Å². The van der Waals surface area contributed by atoms with Crippen molar-refractivity contribution in [1.82, 2.24) is 14.4 Å². The molecule has 2 aromatic carbocycles. The second-order valence-corrected chi connectivity index (χ2v) is 9.19. The van der Waals surface area contributed by atoms with Crippen molar-refractivity contribution in [3.8, 4) is 0 Å². The molecule has 152 valence electrons. The van der Waals surface area contributed by atoms with Crippen LogP contribution in [0.4, 0.5) is 0 Å². The molecule has 1 aromatic heterocycles. The molecule has 1 aliphatic rings. The van der Waals surface area contributed by atoms with E-state index < -0.39 is 10.0 Å². The minimum Gasteiger partial charge on any atom is -0.356 e. The fourth-order valence-corrected chi connectivity index (χ4v) is 5.03. The van der Waals surface area contributed by atoms with Crippen LogP contribution >= 0.6 is 0 Å². The van der Waals surface area contributed by atoms with E-state index >= 15 is 0 Å². The number of sulfonamides is 1. The van der Waals surface area contributed by atoms with E-state index in [1.165, 1.54) is 4.31 Å². The van der Waals surface area contributed by atoms with Crippen LogP contribution in [-0.4, -0.2) is 54.9 Å². The van der Waals surface area contributed by atoms with E-state index in [4.69, 9.17) is 4.52 Å². The number of hydrogen-bond acceptors (Lipinski definition) is 5. The van der Waals surface area contributed by atoms with E-state index in [0.717, 1.165) is 10.9 Å². The van der Waals surface area contributed by atoms with Crippen molar-refractivity contribution in [2.75, 3.05) is 26.2 Å². The molecule has 2 heterocycles. The lowest BCUT2D eigenvalue weighted by Crippen LogP contribution is -2.38. The second-order valence-electron chi connectivity index (χ2n) is 7.25. The van der Waals surface area contributed by atoms with E-state index in [2.05, 4.69) is 5.16 Å². The van der Waals surface area contributed by atoms with Crippen molar-refractivity contribution in [2.45, 2.75) is 24.7 Å². The third-order valence-electron chi connectivity index (χ3n) is 5.24. The average molecular weight is 413 g/mol. The Balaban J connectivity index is 1.44. The first-order chi connectivity index (χ1) is 13.9. The Morgan fingerprint density at radius 3 is 2.59 bits per heavy atom. The number of para-hydroxylation sites is 1. The fraction of sp³-hybridized carbons (Fsp3) is 0.333. The van der Waals surface area contributed by atoms with Gasteiger partial charge in [-0.25, -0.2) is 8.42 Å². The Morgan fingerprint density at radius 2 is 1.79 bits per heavy atom. The number of rotatable bonds is 4. The minimum absolute atomic E-state index is 0.0707. The summed E-state index contributed by atoms with van der Waals surface area (Å²) in [5, 5.41) is 4.86. The molecule has 7 nitrogen and oxygen atoms in total. The summed E-state index contributed by atoms with van der Waals surface area (Å²) < 4.78 is 32.6. The summed E-state index contributed by atoms with van der Waals surface area (Å²) in [7, 11) is -3.56. The number of aromatic nitrogens is 1. The normalized spacial score (nSPS) is 16.1. The summed E-state index contributed by atoms with van der Waals surface area (Å²) >= 11 is 0. The predicted molar refractivity (Wildman–Crippen MR) is 109 cm³/mol. The predicted octanol–water partition coefficient (Wildman–Crippen LogP) is 2.60. The van der Waals surface area contributed by atoms with Crippen molar-refractivity contribution >= 4 is 26.9 Å².